The number of nitrogens with two attached hydrogens (primary N) is 1. The van der Waals surface area contributed by atoms with Crippen LogP contribution in [0.15, 0.2) is 12.1 Å². The van der Waals surface area contributed by atoms with E-state index in [1.807, 2.05) is 6.92 Å². The second-order valence-electron chi connectivity index (χ2n) is 3.98. The smallest absolute Gasteiger partial charge is 0.269 e. The first-order valence-electron chi connectivity index (χ1n) is 5.02. The van der Waals surface area contributed by atoms with E-state index in [9.17, 15) is 9.59 Å². The molecule has 0 saturated heterocycles. The number of hydrogen-bond acceptors (Lipinski definition) is 4. The molecule has 1 saturated carbocycles. The highest BCUT2D eigenvalue weighted by molar-refractivity contribution is 5.94. The van der Waals surface area contributed by atoms with Gasteiger partial charge in [0.1, 0.15) is 0 Å². The van der Waals surface area contributed by atoms with Gasteiger partial charge in [-0.3, -0.25) is 9.59 Å². The quantitative estimate of drug-likeness (QED) is 0.758. The van der Waals surface area contributed by atoms with E-state index in [0.717, 1.165) is 6.42 Å². The van der Waals surface area contributed by atoms with Gasteiger partial charge in [0.05, 0.1) is 0 Å². The van der Waals surface area contributed by atoms with Crippen molar-refractivity contribution >= 4 is 17.6 Å². The maximum absolute atomic E-state index is 11.5. The lowest BCUT2D eigenvalue weighted by Crippen LogP contribution is -2.18. The molecule has 0 bridgehead atoms. The summed E-state index contributed by atoms with van der Waals surface area (Å²) in [6.07, 6.45) is 0.915. The maximum atomic E-state index is 11.5. The van der Waals surface area contributed by atoms with Crippen molar-refractivity contribution in [1.82, 2.24) is 10.2 Å². The minimum Gasteiger partial charge on any atom is -0.364 e. The van der Waals surface area contributed by atoms with Gasteiger partial charge in [-0.1, -0.05) is 6.92 Å². The Morgan fingerprint density at radius 2 is 2.12 bits per heavy atom. The molecule has 1 aromatic heterocycles. The molecule has 16 heavy (non-hydrogen) atoms. The summed E-state index contributed by atoms with van der Waals surface area (Å²) in [5, 5.41) is 9.92. The van der Waals surface area contributed by atoms with E-state index in [2.05, 4.69) is 15.5 Å². The van der Waals surface area contributed by atoms with Crippen molar-refractivity contribution < 1.29 is 9.59 Å². The zero-order valence-electron chi connectivity index (χ0n) is 8.80. The zero-order chi connectivity index (χ0) is 11.7. The van der Waals surface area contributed by atoms with Gasteiger partial charge < -0.3 is 11.1 Å². The molecule has 1 aliphatic carbocycles. The van der Waals surface area contributed by atoms with E-state index >= 15 is 0 Å². The number of hydrogen-bond donors (Lipinski definition) is 2. The van der Waals surface area contributed by atoms with Crippen LogP contribution in [0.1, 0.15) is 23.8 Å². The van der Waals surface area contributed by atoms with Crippen LogP contribution in [0.3, 0.4) is 0 Å². The average molecular weight is 220 g/mol. The minimum atomic E-state index is -0.638. The van der Waals surface area contributed by atoms with E-state index in [1.54, 1.807) is 0 Å². The van der Waals surface area contributed by atoms with Crippen LogP contribution in [0.4, 0.5) is 5.82 Å². The number of aromatic nitrogens is 2. The van der Waals surface area contributed by atoms with E-state index in [4.69, 9.17) is 5.73 Å². The maximum Gasteiger partial charge on any atom is 0.269 e. The van der Waals surface area contributed by atoms with E-state index in [1.165, 1.54) is 12.1 Å². The molecule has 1 aromatic rings. The number of anilines is 1. The number of nitrogens with one attached hydrogen (secondary N) is 1. The SMILES string of the molecule is C[C@@H]1C[C@@H]1C(=O)Nc1ccc(C(N)=O)nn1. The lowest BCUT2D eigenvalue weighted by atomic mass is 10.3. The van der Waals surface area contributed by atoms with Gasteiger partial charge in [-0.15, -0.1) is 10.2 Å². The second-order valence-corrected chi connectivity index (χ2v) is 3.98. The molecule has 1 heterocycles. The van der Waals surface area contributed by atoms with E-state index in [0.29, 0.717) is 11.7 Å². The first-order chi connectivity index (χ1) is 7.58. The Balaban J connectivity index is 2.00. The van der Waals surface area contributed by atoms with Gasteiger partial charge in [0, 0.05) is 5.92 Å². The second kappa shape index (κ2) is 3.88. The molecule has 2 amide bonds. The van der Waals surface area contributed by atoms with Crippen LogP contribution in [0, 0.1) is 11.8 Å². The van der Waals surface area contributed by atoms with Crippen molar-refractivity contribution in [3.8, 4) is 0 Å². The van der Waals surface area contributed by atoms with Crippen LogP contribution in [0.5, 0.6) is 0 Å². The summed E-state index contributed by atoms with van der Waals surface area (Å²) in [6.45, 7) is 2.02. The van der Waals surface area contributed by atoms with Gasteiger partial charge in [-0.2, -0.15) is 0 Å². The summed E-state index contributed by atoms with van der Waals surface area (Å²) in [5.41, 5.74) is 5.09. The summed E-state index contributed by atoms with van der Waals surface area (Å²) >= 11 is 0. The predicted octanol–water partition coefficient (Wildman–Crippen LogP) is 0.170. The topological polar surface area (TPSA) is 98.0 Å². The lowest BCUT2D eigenvalue weighted by molar-refractivity contribution is -0.117. The normalized spacial score (nSPS) is 22.6. The molecule has 0 radical (unpaired) electrons. The van der Waals surface area contributed by atoms with Gasteiger partial charge >= 0.3 is 0 Å². The molecule has 1 fully saturated rings. The van der Waals surface area contributed by atoms with Crippen LogP contribution in [-0.2, 0) is 4.79 Å². The van der Waals surface area contributed by atoms with Gasteiger partial charge in [-0.05, 0) is 24.5 Å². The van der Waals surface area contributed by atoms with Crippen molar-refractivity contribution in [3.63, 3.8) is 0 Å². The molecule has 6 nitrogen and oxygen atoms in total. The summed E-state index contributed by atoms with van der Waals surface area (Å²) in [5.74, 6) is 0.180. The van der Waals surface area contributed by atoms with Crippen LogP contribution >= 0.6 is 0 Å². The lowest BCUT2D eigenvalue weighted by Gasteiger charge is -2.02. The third-order valence-corrected chi connectivity index (χ3v) is 2.61. The highest BCUT2D eigenvalue weighted by atomic mass is 16.2. The molecule has 1 aliphatic rings. The molecular weight excluding hydrogens is 208 g/mol. The Labute approximate surface area is 92.2 Å². The monoisotopic (exact) mass is 220 g/mol. The van der Waals surface area contributed by atoms with Gasteiger partial charge in [0.25, 0.3) is 5.91 Å². The molecule has 0 aliphatic heterocycles. The van der Waals surface area contributed by atoms with Crippen LogP contribution < -0.4 is 11.1 Å². The van der Waals surface area contributed by atoms with Crippen molar-refractivity contribution in [2.75, 3.05) is 5.32 Å². The Bertz CT molecular complexity index is 429. The fourth-order valence-corrected chi connectivity index (χ4v) is 1.44. The standard InChI is InChI=1S/C10H12N4O2/c1-5-4-6(5)10(16)12-8-3-2-7(9(11)15)13-14-8/h2-3,5-6H,4H2,1H3,(H2,11,15)(H,12,14,16)/t5-,6+/m1/s1. The van der Waals surface area contributed by atoms with Crippen molar-refractivity contribution in [3.05, 3.63) is 17.8 Å². The third-order valence-electron chi connectivity index (χ3n) is 2.61. The van der Waals surface area contributed by atoms with Crippen LogP contribution in [-0.4, -0.2) is 22.0 Å². The van der Waals surface area contributed by atoms with Gasteiger partial charge in [0.15, 0.2) is 11.5 Å². The third kappa shape index (κ3) is 2.16. The molecule has 6 heteroatoms. The van der Waals surface area contributed by atoms with E-state index < -0.39 is 5.91 Å². The highest BCUT2D eigenvalue weighted by Gasteiger charge is 2.39. The number of amides is 2. The fourth-order valence-electron chi connectivity index (χ4n) is 1.44. The number of primary amides is 1. The Morgan fingerprint density at radius 3 is 2.56 bits per heavy atom. The number of nitrogens with zero attached hydrogens (tertiary/aromatic N) is 2. The van der Waals surface area contributed by atoms with Crippen molar-refractivity contribution in [1.29, 1.82) is 0 Å². The van der Waals surface area contributed by atoms with Gasteiger partial charge in [-0.25, -0.2) is 0 Å². The van der Waals surface area contributed by atoms with Crippen LogP contribution in [0.25, 0.3) is 0 Å². The minimum absolute atomic E-state index is 0.0476. The average Bonchev–Trinajstić information content (AvgIpc) is 2.96. The largest absolute Gasteiger partial charge is 0.364 e. The summed E-state index contributed by atoms with van der Waals surface area (Å²) in [6, 6.07) is 2.94. The van der Waals surface area contributed by atoms with Crippen LogP contribution in [0.2, 0.25) is 0 Å². The van der Waals surface area contributed by atoms with E-state index in [-0.39, 0.29) is 17.5 Å². The predicted molar refractivity (Wildman–Crippen MR) is 56.5 cm³/mol. The summed E-state index contributed by atoms with van der Waals surface area (Å²) in [4.78, 5) is 22.3. The first kappa shape index (κ1) is 10.5. The molecule has 0 aromatic carbocycles. The molecule has 0 spiro atoms. The van der Waals surface area contributed by atoms with Crippen molar-refractivity contribution in [2.24, 2.45) is 17.6 Å². The first-order valence-corrected chi connectivity index (χ1v) is 5.02. The Hall–Kier alpha value is -1.98. The number of carbonyl (C=O) groups is 2. The molecule has 0 unspecified atom stereocenters. The number of rotatable bonds is 3. The number of carbonyl (C=O) groups excluding carboxylic acids is 2. The zero-order valence-corrected chi connectivity index (χ0v) is 8.80. The molecule has 3 N–H and O–H groups in total. The highest BCUT2D eigenvalue weighted by Crippen LogP contribution is 2.38. The Kier molecular flexibility index (Phi) is 2.55. The molecule has 84 valence electrons. The molecular formula is C10H12N4O2. The summed E-state index contributed by atoms with van der Waals surface area (Å²) < 4.78 is 0. The van der Waals surface area contributed by atoms with Crippen molar-refractivity contribution in [2.45, 2.75) is 13.3 Å². The molecule has 2 rings (SSSR count). The fraction of sp³-hybridized carbons (Fsp3) is 0.400. The molecule has 2 atom stereocenters. The van der Waals surface area contributed by atoms with Gasteiger partial charge in [0.2, 0.25) is 5.91 Å². The Morgan fingerprint density at radius 1 is 1.44 bits per heavy atom. The summed E-state index contributed by atoms with van der Waals surface area (Å²) in [7, 11) is 0.